The van der Waals surface area contributed by atoms with Gasteiger partial charge in [0.05, 0.1) is 11.1 Å². The first-order valence-corrected chi connectivity index (χ1v) is 7.77. The molecular weight excluding hydrogens is 276 g/mol. The van der Waals surface area contributed by atoms with Gasteiger partial charge in [0.15, 0.2) is 0 Å². The molecule has 4 heteroatoms. The van der Waals surface area contributed by atoms with E-state index in [1.165, 1.54) is 16.0 Å². The highest BCUT2D eigenvalue weighted by atomic mass is 35.5. The van der Waals surface area contributed by atoms with E-state index < -0.39 is 0 Å². The summed E-state index contributed by atoms with van der Waals surface area (Å²) in [6.07, 6.45) is 4.89. The molecule has 2 aromatic heterocycles. The summed E-state index contributed by atoms with van der Waals surface area (Å²) < 4.78 is 0. The van der Waals surface area contributed by atoms with Gasteiger partial charge in [-0.3, -0.25) is 4.98 Å². The van der Waals surface area contributed by atoms with Gasteiger partial charge in [0.1, 0.15) is 0 Å². The lowest BCUT2D eigenvalue weighted by molar-refractivity contribution is 0.604. The smallest absolute Gasteiger partial charge is 0.0701 e. The van der Waals surface area contributed by atoms with Gasteiger partial charge >= 0.3 is 0 Å². The Labute approximate surface area is 123 Å². The van der Waals surface area contributed by atoms with Crippen molar-refractivity contribution in [2.45, 2.75) is 33.2 Å². The predicted molar refractivity (Wildman–Crippen MR) is 83.2 cm³/mol. The topological polar surface area (TPSA) is 24.9 Å². The molecule has 0 radical (unpaired) electrons. The molecule has 0 amide bonds. The maximum absolute atomic E-state index is 6.42. The van der Waals surface area contributed by atoms with Crippen LogP contribution in [-0.4, -0.2) is 11.5 Å². The van der Waals surface area contributed by atoms with Crippen molar-refractivity contribution in [3.8, 4) is 0 Å². The van der Waals surface area contributed by atoms with Crippen molar-refractivity contribution in [2.24, 2.45) is 0 Å². The summed E-state index contributed by atoms with van der Waals surface area (Å²) in [5, 5.41) is 6.56. The van der Waals surface area contributed by atoms with Gasteiger partial charge < -0.3 is 5.32 Å². The predicted octanol–water partition coefficient (Wildman–Crippen LogP) is 4.50. The lowest BCUT2D eigenvalue weighted by atomic mass is 10.1. The molecule has 1 atom stereocenters. The number of hydrogen-bond donors (Lipinski definition) is 1. The second kappa shape index (κ2) is 6.51. The van der Waals surface area contributed by atoms with E-state index in [0.717, 1.165) is 23.6 Å². The van der Waals surface area contributed by atoms with Gasteiger partial charge in [0, 0.05) is 17.3 Å². The summed E-state index contributed by atoms with van der Waals surface area (Å²) in [5.41, 5.74) is 3.49. The summed E-state index contributed by atoms with van der Waals surface area (Å²) >= 11 is 8.14. The fourth-order valence-electron chi connectivity index (χ4n) is 2.03. The number of hydrogen-bond acceptors (Lipinski definition) is 3. The van der Waals surface area contributed by atoms with Crippen LogP contribution in [0.25, 0.3) is 0 Å². The normalized spacial score (nSPS) is 12.6. The van der Waals surface area contributed by atoms with Gasteiger partial charge in [-0.25, -0.2) is 0 Å². The Kier molecular flexibility index (Phi) is 4.97. The molecule has 1 unspecified atom stereocenters. The van der Waals surface area contributed by atoms with Crippen molar-refractivity contribution >= 4 is 22.9 Å². The Morgan fingerprint density at radius 2 is 2.16 bits per heavy atom. The van der Waals surface area contributed by atoms with Crippen molar-refractivity contribution < 1.29 is 0 Å². The fraction of sp³-hybridized carbons (Fsp3) is 0.400. The largest absolute Gasteiger partial charge is 0.306 e. The zero-order chi connectivity index (χ0) is 13.8. The summed E-state index contributed by atoms with van der Waals surface area (Å²) in [4.78, 5) is 5.48. The first-order valence-electron chi connectivity index (χ1n) is 6.52. The van der Waals surface area contributed by atoms with Crippen LogP contribution in [0.4, 0.5) is 0 Å². The Hall–Kier alpha value is -0.900. The van der Waals surface area contributed by atoms with Gasteiger partial charge in [-0.15, -0.1) is 11.3 Å². The number of rotatable bonds is 5. The highest BCUT2D eigenvalue weighted by Crippen LogP contribution is 2.35. The van der Waals surface area contributed by atoms with Crippen LogP contribution in [0.2, 0.25) is 5.02 Å². The second-order valence-electron chi connectivity index (χ2n) is 4.78. The lowest BCUT2D eigenvalue weighted by Crippen LogP contribution is -2.23. The molecule has 2 rings (SSSR count). The van der Waals surface area contributed by atoms with E-state index in [4.69, 9.17) is 11.6 Å². The van der Waals surface area contributed by atoms with E-state index >= 15 is 0 Å². The van der Waals surface area contributed by atoms with Crippen molar-refractivity contribution in [3.05, 3.63) is 50.4 Å². The summed E-state index contributed by atoms with van der Waals surface area (Å²) in [7, 11) is 0. The number of aryl methyl sites for hydroxylation is 2. The molecule has 0 fully saturated rings. The van der Waals surface area contributed by atoms with Crippen LogP contribution in [-0.2, 0) is 0 Å². The lowest BCUT2D eigenvalue weighted by Gasteiger charge is -2.18. The third kappa shape index (κ3) is 3.35. The highest BCUT2D eigenvalue weighted by Gasteiger charge is 2.19. The molecule has 1 N–H and O–H groups in total. The number of halogens is 1. The van der Waals surface area contributed by atoms with E-state index in [1.54, 1.807) is 11.3 Å². The van der Waals surface area contributed by atoms with Crippen LogP contribution in [0, 0.1) is 13.8 Å². The van der Waals surface area contributed by atoms with E-state index in [2.05, 4.69) is 35.6 Å². The Morgan fingerprint density at radius 3 is 2.74 bits per heavy atom. The molecular formula is C15H19ClN2S. The van der Waals surface area contributed by atoms with Crippen molar-refractivity contribution in [1.82, 2.24) is 10.3 Å². The molecule has 0 saturated carbocycles. The zero-order valence-electron chi connectivity index (χ0n) is 11.5. The number of nitrogens with zero attached hydrogens (tertiary/aromatic N) is 1. The molecule has 0 spiro atoms. The summed E-state index contributed by atoms with van der Waals surface area (Å²) in [5.74, 6) is 0. The molecule has 0 aromatic carbocycles. The molecule has 0 aliphatic rings. The highest BCUT2D eigenvalue weighted by molar-refractivity contribution is 7.10. The molecule has 0 aliphatic carbocycles. The molecule has 102 valence electrons. The third-order valence-electron chi connectivity index (χ3n) is 3.02. The monoisotopic (exact) mass is 294 g/mol. The van der Waals surface area contributed by atoms with Gasteiger partial charge in [-0.1, -0.05) is 24.6 Å². The number of thiophene rings is 1. The first-order chi connectivity index (χ1) is 9.13. The molecule has 2 aromatic rings. The molecule has 2 heterocycles. The molecule has 19 heavy (non-hydrogen) atoms. The van der Waals surface area contributed by atoms with E-state index in [-0.39, 0.29) is 6.04 Å². The zero-order valence-corrected chi connectivity index (χ0v) is 13.1. The minimum atomic E-state index is 0.138. The minimum absolute atomic E-state index is 0.138. The molecule has 0 saturated heterocycles. The minimum Gasteiger partial charge on any atom is -0.306 e. The SMILES string of the molecule is CCCNC(c1cncc(C)c1)c1scc(C)c1Cl. The quantitative estimate of drug-likeness (QED) is 0.878. The van der Waals surface area contributed by atoms with E-state index in [1.807, 2.05) is 19.3 Å². The van der Waals surface area contributed by atoms with Crippen LogP contribution in [0.15, 0.2) is 23.8 Å². The summed E-state index contributed by atoms with van der Waals surface area (Å²) in [6.45, 7) is 7.24. The van der Waals surface area contributed by atoms with Gasteiger partial charge in [-0.2, -0.15) is 0 Å². The van der Waals surface area contributed by atoms with Gasteiger partial charge in [0.2, 0.25) is 0 Å². The van der Waals surface area contributed by atoms with Crippen LogP contribution in [0.5, 0.6) is 0 Å². The van der Waals surface area contributed by atoms with Gasteiger partial charge in [0.25, 0.3) is 0 Å². The average molecular weight is 295 g/mol. The maximum Gasteiger partial charge on any atom is 0.0701 e. The number of aromatic nitrogens is 1. The van der Waals surface area contributed by atoms with E-state index in [0.29, 0.717) is 0 Å². The second-order valence-corrected chi connectivity index (χ2v) is 6.07. The van der Waals surface area contributed by atoms with E-state index in [9.17, 15) is 0 Å². The Bertz CT molecular complexity index is 551. The molecule has 0 bridgehead atoms. The van der Waals surface area contributed by atoms with Crippen LogP contribution in [0.1, 0.15) is 41.0 Å². The average Bonchev–Trinajstić information content (AvgIpc) is 2.72. The number of pyridine rings is 1. The van der Waals surface area contributed by atoms with Crippen molar-refractivity contribution in [3.63, 3.8) is 0 Å². The van der Waals surface area contributed by atoms with Crippen molar-refractivity contribution in [1.29, 1.82) is 0 Å². The van der Waals surface area contributed by atoms with Crippen LogP contribution in [0.3, 0.4) is 0 Å². The summed E-state index contributed by atoms with van der Waals surface area (Å²) in [6, 6.07) is 2.31. The standard InChI is InChI=1S/C15H19ClN2S/c1-4-5-18-14(12-6-10(2)7-17-8-12)15-13(16)11(3)9-19-15/h6-9,14,18H,4-5H2,1-3H3. The van der Waals surface area contributed by atoms with Crippen molar-refractivity contribution in [2.75, 3.05) is 6.54 Å². The first kappa shape index (κ1) is 14.5. The fourth-order valence-corrected chi connectivity index (χ4v) is 3.43. The van der Waals surface area contributed by atoms with Crippen LogP contribution >= 0.6 is 22.9 Å². The molecule has 0 aliphatic heterocycles. The Morgan fingerprint density at radius 1 is 1.37 bits per heavy atom. The number of nitrogens with one attached hydrogen (secondary N) is 1. The third-order valence-corrected chi connectivity index (χ3v) is 4.79. The van der Waals surface area contributed by atoms with Crippen LogP contribution < -0.4 is 5.32 Å². The van der Waals surface area contributed by atoms with Gasteiger partial charge in [-0.05, 0) is 48.9 Å². The Balaban J connectivity index is 2.38. The molecule has 2 nitrogen and oxygen atoms in total. The maximum atomic E-state index is 6.42.